The summed E-state index contributed by atoms with van der Waals surface area (Å²) in [7, 11) is 0. The van der Waals surface area contributed by atoms with E-state index < -0.39 is 5.76 Å². The highest BCUT2D eigenvalue weighted by Crippen LogP contribution is 2.09. The van der Waals surface area contributed by atoms with Crippen molar-refractivity contribution in [3.63, 3.8) is 0 Å². The second-order valence-corrected chi connectivity index (χ2v) is 3.81. The van der Waals surface area contributed by atoms with Crippen LogP contribution in [0.15, 0.2) is 39.7 Å². The van der Waals surface area contributed by atoms with Crippen LogP contribution < -0.4 is 11.1 Å². The molecule has 0 radical (unpaired) electrons. The Labute approximate surface area is 98.8 Å². The summed E-state index contributed by atoms with van der Waals surface area (Å²) in [5.74, 6) is -0.392. The standard InChI is InChI=1S/C12H15N3O2/c1-3-13-7-9(2)8-15-11-10(17-12(15)16)5-4-6-14-11/h4-6,13H,2-3,7-8H2,1H3. The van der Waals surface area contributed by atoms with E-state index >= 15 is 0 Å². The average Bonchev–Trinajstić information content (AvgIpc) is 2.64. The Kier molecular flexibility index (Phi) is 3.39. The van der Waals surface area contributed by atoms with Crippen molar-refractivity contribution in [2.75, 3.05) is 13.1 Å². The highest BCUT2D eigenvalue weighted by Gasteiger charge is 2.10. The monoisotopic (exact) mass is 233 g/mol. The molecule has 5 nitrogen and oxygen atoms in total. The van der Waals surface area contributed by atoms with Crippen molar-refractivity contribution >= 4 is 11.2 Å². The quantitative estimate of drug-likeness (QED) is 0.787. The van der Waals surface area contributed by atoms with Crippen molar-refractivity contribution in [3.05, 3.63) is 41.0 Å². The molecule has 0 unspecified atom stereocenters. The Balaban J connectivity index is 2.26. The molecule has 0 atom stereocenters. The summed E-state index contributed by atoms with van der Waals surface area (Å²) in [6.45, 7) is 7.93. The lowest BCUT2D eigenvalue weighted by atomic mass is 10.3. The molecule has 0 saturated carbocycles. The van der Waals surface area contributed by atoms with Crippen LogP contribution in [0.5, 0.6) is 0 Å². The Morgan fingerprint density at radius 1 is 1.65 bits per heavy atom. The predicted octanol–water partition coefficient (Wildman–Crippen LogP) is 1.16. The lowest BCUT2D eigenvalue weighted by molar-refractivity contribution is 0.514. The van der Waals surface area contributed by atoms with E-state index in [4.69, 9.17) is 4.42 Å². The number of fused-ring (bicyclic) bond motifs is 1. The van der Waals surface area contributed by atoms with Gasteiger partial charge in [0.15, 0.2) is 11.2 Å². The first-order valence-corrected chi connectivity index (χ1v) is 5.54. The van der Waals surface area contributed by atoms with E-state index in [0.717, 1.165) is 12.1 Å². The van der Waals surface area contributed by atoms with E-state index in [1.807, 2.05) is 6.92 Å². The summed E-state index contributed by atoms with van der Waals surface area (Å²) in [5.41, 5.74) is 1.99. The smallest absolute Gasteiger partial charge is 0.406 e. The van der Waals surface area contributed by atoms with Crippen molar-refractivity contribution in [1.82, 2.24) is 14.9 Å². The number of rotatable bonds is 5. The van der Waals surface area contributed by atoms with Gasteiger partial charge in [-0.3, -0.25) is 4.57 Å². The van der Waals surface area contributed by atoms with E-state index in [1.165, 1.54) is 4.57 Å². The minimum atomic E-state index is -0.392. The predicted molar refractivity (Wildman–Crippen MR) is 66.0 cm³/mol. The third-order valence-corrected chi connectivity index (χ3v) is 2.43. The highest BCUT2D eigenvalue weighted by molar-refractivity contribution is 5.67. The lowest BCUT2D eigenvalue weighted by Crippen LogP contribution is -2.22. The number of hydrogen-bond acceptors (Lipinski definition) is 4. The maximum atomic E-state index is 11.6. The minimum Gasteiger partial charge on any atom is -0.406 e. The molecule has 0 aliphatic heterocycles. The van der Waals surface area contributed by atoms with Gasteiger partial charge in [0.05, 0.1) is 6.54 Å². The maximum Gasteiger partial charge on any atom is 0.421 e. The van der Waals surface area contributed by atoms with Crippen LogP contribution in [0, 0.1) is 0 Å². The van der Waals surface area contributed by atoms with Gasteiger partial charge in [-0.25, -0.2) is 9.78 Å². The van der Waals surface area contributed by atoms with Gasteiger partial charge in [0.1, 0.15) is 0 Å². The first-order chi connectivity index (χ1) is 8.22. The maximum absolute atomic E-state index is 11.6. The molecule has 0 aliphatic carbocycles. The molecule has 2 rings (SSSR count). The molecule has 2 heterocycles. The van der Waals surface area contributed by atoms with E-state index in [0.29, 0.717) is 24.3 Å². The number of aromatic nitrogens is 2. The largest absolute Gasteiger partial charge is 0.421 e. The van der Waals surface area contributed by atoms with Gasteiger partial charge >= 0.3 is 5.76 Å². The molecule has 0 fully saturated rings. The summed E-state index contributed by atoms with van der Waals surface area (Å²) >= 11 is 0. The summed E-state index contributed by atoms with van der Waals surface area (Å²) in [6.07, 6.45) is 1.64. The Bertz CT molecular complexity index is 583. The van der Waals surface area contributed by atoms with Crippen molar-refractivity contribution in [1.29, 1.82) is 0 Å². The van der Waals surface area contributed by atoms with Gasteiger partial charge in [0.25, 0.3) is 0 Å². The molecule has 5 heteroatoms. The fourth-order valence-corrected chi connectivity index (χ4v) is 1.62. The Hall–Kier alpha value is -1.88. The molecule has 17 heavy (non-hydrogen) atoms. The molecule has 0 saturated heterocycles. The first kappa shape index (κ1) is 11.6. The van der Waals surface area contributed by atoms with E-state index in [-0.39, 0.29) is 0 Å². The average molecular weight is 233 g/mol. The number of hydrogen-bond donors (Lipinski definition) is 1. The number of likely N-dealkylation sites (N-methyl/N-ethyl adjacent to an activating group) is 1. The van der Waals surface area contributed by atoms with E-state index in [2.05, 4.69) is 16.9 Å². The fourth-order valence-electron chi connectivity index (χ4n) is 1.62. The van der Waals surface area contributed by atoms with Gasteiger partial charge in [-0.15, -0.1) is 0 Å². The molecule has 0 aromatic carbocycles. The zero-order chi connectivity index (χ0) is 12.3. The zero-order valence-corrected chi connectivity index (χ0v) is 9.77. The molecule has 1 N–H and O–H groups in total. The van der Waals surface area contributed by atoms with Crippen LogP contribution in [0.25, 0.3) is 11.2 Å². The molecule has 0 amide bonds. The van der Waals surface area contributed by atoms with Crippen LogP contribution in [0.1, 0.15) is 6.92 Å². The first-order valence-electron chi connectivity index (χ1n) is 5.54. The third-order valence-electron chi connectivity index (χ3n) is 2.43. The second kappa shape index (κ2) is 4.97. The van der Waals surface area contributed by atoms with Crippen LogP contribution in [0.4, 0.5) is 0 Å². The van der Waals surface area contributed by atoms with Gasteiger partial charge < -0.3 is 9.73 Å². The highest BCUT2D eigenvalue weighted by atomic mass is 16.4. The van der Waals surface area contributed by atoms with Gasteiger partial charge in [0.2, 0.25) is 0 Å². The molecule has 2 aromatic heterocycles. The SMILES string of the molecule is C=C(CNCC)Cn1c(=O)oc2cccnc21. The van der Waals surface area contributed by atoms with Crippen molar-refractivity contribution < 1.29 is 4.42 Å². The zero-order valence-electron chi connectivity index (χ0n) is 9.77. The van der Waals surface area contributed by atoms with Crippen LogP contribution in [0.2, 0.25) is 0 Å². The lowest BCUT2D eigenvalue weighted by Gasteiger charge is -2.06. The minimum absolute atomic E-state index is 0.392. The summed E-state index contributed by atoms with van der Waals surface area (Å²) in [5, 5.41) is 3.16. The van der Waals surface area contributed by atoms with E-state index in [1.54, 1.807) is 18.3 Å². The van der Waals surface area contributed by atoms with Gasteiger partial charge in [-0.2, -0.15) is 0 Å². The second-order valence-electron chi connectivity index (χ2n) is 3.81. The van der Waals surface area contributed by atoms with Gasteiger partial charge in [0, 0.05) is 12.7 Å². The van der Waals surface area contributed by atoms with Crippen LogP contribution >= 0.6 is 0 Å². The molecule has 2 aromatic rings. The van der Waals surface area contributed by atoms with Crippen molar-refractivity contribution in [2.45, 2.75) is 13.5 Å². The van der Waals surface area contributed by atoms with Crippen molar-refractivity contribution in [3.8, 4) is 0 Å². The normalized spacial score (nSPS) is 10.9. The topological polar surface area (TPSA) is 60.1 Å². The summed E-state index contributed by atoms with van der Waals surface area (Å²) in [4.78, 5) is 15.8. The third kappa shape index (κ3) is 2.45. The van der Waals surface area contributed by atoms with Gasteiger partial charge in [-0.1, -0.05) is 13.5 Å². The molecular formula is C12H15N3O2. The Morgan fingerprint density at radius 2 is 2.47 bits per heavy atom. The number of nitrogens with zero attached hydrogens (tertiary/aromatic N) is 2. The molecule has 0 aliphatic rings. The molecular weight excluding hydrogens is 218 g/mol. The van der Waals surface area contributed by atoms with E-state index in [9.17, 15) is 4.79 Å². The number of oxazole rings is 1. The Morgan fingerprint density at radius 3 is 3.24 bits per heavy atom. The number of pyridine rings is 1. The molecule has 90 valence electrons. The van der Waals surface area contributed by atoms with Gasteiger partial charge in [-0.05, 0) is 24.3 Å². The van der Waals surface area contributed by atoms with Crippen LogP contribution in [-0.2, 0) is 6.54 Å². The fraction of sp³-hybridized carbons (Fsp3) is 0.333. The van der Waals surface area contributed by atoms with Crippen LogP contribution in [-0.4, -0.2) is 22.6 Å². The van der Waals surface area contributed by atoms with Crippen LogP contribution in [0.3, 0.4) is 0 Å². The molecule has 0 spiro atoms. The summed E-state index contributed by atoms with van der Waals surface area (Å²) < 4.78 is 6.58. The summed E-state index contributed by atoms with van der Waals surface area (Å²) in [6, 6.07) is 3.47. The molecule has 0 bridgehead atoms. The van der Waals surface area contributed by atoms with Crippen molar-refractivity contribution in [2.24, 2.45) is 0 Å². The number of nitrogens with one attached hydrogen (secondary N) is 1.